The van der Waals surface area contributed by atoms with Crippen LogP contribution in [0.5, 0.6) is 5.75 Å². The van der Waals surface area contributed by atoms with Crippen molar-refractivity contribution in [3.8, 4) is 5.75 Å². The Kier molecular flexibility index (Phi) is 8.30. The quantitative estimate of drug-likeness (QED) is 0.503. The molecule has 0 aliphatic rings. The van der Waals surface area contributed by atoms with Crippen LogP contribution in [0.15, 0.2) is 18.2 Å². The van der Waals surface area contributed by atoms with Crippen molar-refractivity contribution in [3.05, 3.63) is 18.2 Å². The van der Waals surface area contributed by atoms with Gasteiger partial charge in [-0.1, -0.05) is 18.9 Å². The number of ether oxygens (including phenoxy) is 1. The zero-order chi connectivity index (χ0) is 13.9. The summed E-state index contributed by atoms with van der Waals surface area (Å²) in [5.74, 6) is 2.05. The van der Waals surface area contributed by atoms with Crippen molar-refractivity contribution in [1.29, 1.82) is 0 Å². The second-order valence-electron chi connectivity index (χ2n) is 4.48. The van der Waals surface area contributed by atoms with E-state index in [0.717, 1.165) is 18.0 Å². The van der Waals surface area contributed by atoms with Crippen molar-refractivity contribution in [2.75, 3.05) is 36.2 Å². The first-order chi connectivity index (χ1) is 9.29. The number of hydrogen-bond donors (Lipinski definition) is 2. The minimum Gasteiger partial charge on any atom is -0.492 e. The lowest BCUT2D eigenvalue weighted by Gasteiger charge is -2.13. The molecular formula is C15H26N2OS. The Hall–Kier alpha value is -1.03. The molecule has 1 aromatic carbocycles. The van der Waals surface area contributed by atoms with Gasteiger partial charge in [-0.25, -0.2) is 0 Å². The summed E-state index contributed by atoms with van der Waals surface area (Å²) in [6, 6.07) is 5.89. The largest absolute Gasteiger partial charge is 0.492 e. The Morgan fingerprint density at radius 3 is 2.74 bits per heavy atom. The lowest BCUT2D eigenvalue weighted by atomic mass is 10.2. The molecule has 3 nitrogen and oxygen atoms in total. The number of hydrogen-bond acceptors (Lipinski definition) is 4. The molecule has 108 valence electrons. The third kappa shape index (κ3) is 6.10. The first kappa shape index (κ1) is 16.0. The first-order valence-corrected chi connectivity index (χ1v) is 8.43. The van der Waals surface area contributed by atoms with Crippen molar-refractivity contribution in [2.45, 2.75) is 32.6 Å². The van der Waals surface area contributed by atoms with Crippen LogP contribution in [0.2, 0.25) is 0 Å². The predicted molar refractivity (Wildman–Crippen MR) is 87.4 cm³/mol. The maximum atomic E-state index is 6.06. The van der Waals surface area contributed by atoms with Gasteiger partial charge in [-0.2, -0.15) is 11.8 Å². The highest BCUT2D eigenvalue weighted by atomic mass is 32.2. The van der Waals surface area contributed by atoms with Gasteiger partial charge in [0.05, 0.1) is 18.0 Å². The fraction of sp³-hybridized carbons (Fsp3) is 0.600. The van der Waals surface area contributed by atoms with E-state index in [9.17, 15) is 0 Å². The van der Waals surface area contributed by atoms with Crippen LogP contribution in [-0.4, -0.2) is 25.2 Å². The molecule has 0 amide bonds. The van der Waals surface area contributed by atoms with Gasteiger partial charge in [0.1, 0.15) is 5.75 Å². The van der Waals surface area contributed by atoms with Gasteiger partial charge in [-0.3, -0.25) is 0 Å². The Labute approximate surface area is 121 Å². The molecule has 0 unspecified atom stereocenters. The molecule has 19 heavy (non-hydrogen) atoms. The van der Waals surface area contributed by atoms with Crippen molar-refractivity contribution >= 4 is 23.1 Å². The van der Waals surface area contributed by atoms with E-state index in [2.05, 4.69) is 11.6 Å². The van der Waals surface area contributed by atoms with Gasteiger partial charge in [0.15, 0.2) is 0 Å². The average Bonchev–Trinajstić information content (AvgIpc) is 2.42. The Bertz CT molecular complexity index is 358. The zero-order valence-electron chi connectivity index (χ0n) is 12.1. The molecule has 0 radical (unpaired) electrons. The number of anilines is 2. The van der Waals surface area contributed by atoms with Gasteiger partial charge in [-0.15, -0.1) is 0 Å². The molecule has 4 heteroatoms. The smallest absolute Gasteiger partial charge is 0.144 e. The predicted octanol–water partition coefficient (Wildman–Crippen LogP) is 4.00. The summed E-state index contributed by atoms with van der Waals surface area (Å²) in [6.07, 6.45) is 7.26. The average molecular weight is 282 g/mol. The molecule has 0 aromatic heterocycles. The number of nitrogens with one attached hydrogen (secondary N) is 1. The Morgan fingerprint density at radius 2 is 2.00 bits per heavy atom. The zero-order valence-corrected chi connectivity index (χ0v) is 12.9. The Balaban J connectivity index is 2.27. The molecule has 0 spiro atoms. The Morgan fingerprint density at radius 1 is 1.21 bits per heavy atom. The molecule has 0 aliphatic heterocycles. The number of nitrogen functional groups attached to an aromatic ring is 1. The first-order valence-electron chi connectivity index (χ1n) is 7.03. The maximum absolute atomic E-state index is 6.06. The molecule has 1 rings (SSSR count). The van der Waals surface area contributed by atoms with E-state index in [1.165, 1.54) is 31.4 Å². The van der Waals surface area contributed by atoms with Crippen LogP contribution in [0, 0.1) is 0 Å². The lowest BCUT2D eigenvalue weighted by Crippen LogP contribution is -2.06. The highest BCUT2D eigenvalue weighted by Crippen LogP contribution is 2.29. The van der Waals surface area contributed by atoms with E-state index < -0.39 is 0 Å². The summed E-state index contributed by atoms with van der Waals surface area (Å²) in [5, 5.41) is 3.39. The summed E-state index contributed by atoms with van der Waals surface area (Å²) in [5.41, 5.74) is 7.76. The summed E-state index contributed by atoms with van der Waals surface area (Å²) < 4.78 is 5.48. The van der Waals surface area contributed by atoms with E-state index in [0.29, 0.717) is 12.3 Å². The van der Waals surface area contributed by atoms with Crippen LogP contribution in [-0.2, 0) is 0 Å². The second kappa shape index (κ2) is 9.84. The van der Waals surface area contributed by atoms with Crippen molar-refractivity contribution in [2.24, 2.45) is 0 Å². The van der Waals surface area contributed by atoms with Gasteiger partial charge < -0.3 is 15.8 Å². The van der Waals surface area contributed by atoms with E-state index in [1.54, 1.807) is 0 Å². The molecule has 0 atom stereocenters. The van der Waals surface area contributed by atoms with Gasteiger partial charge in [0.25, 0.3) is 0 Å². The highest BCUT2D eigenvalue weighted by Gasteiger charge is 2.04. The molecule has 0 fully saturated rings. The molecule has 0 saturated heterocycles. The van der Waals surface area contributed by atoms with E-state index in [-0.39, 0.29) is 0 Å². The topological polar surface area (TPSA) is 47.3 Å². The normalized spacial score (nSPS) is 10.4. The molecule has 0 bridgehead atoms. The lowest BCUT2D eigenvalue weighted by molar-refractivity contribution is 0.342. The molecule has 3 N–H and O–H groups in total. The summed E-state index contributed by atoms with van der Waals surface area (Å²) >= 11 is 1.92. The van der Waals surface area contributed by atoms with Crippen molar-refractivity contribution in [1.82, 2.24) is 0 Å². The molecule has 0 aliphatic carbocycles. The fourth-order valence-corrected chi connectivity index (χ4v) is 2.42. The molecule has 0 heterocycles. The van der Waals surface area contributed by atoms with Crippen LogP contribution in [0.25, 0.3) is 0 Å². The van der Waals surface area contributed by atoms with Crippen LogP contribution < -0.4 is 15.8 Å². The minimum atomic E-state index is 0.642. The van der Waals surface area contributed by atoms with Crippen LogP contribution >= 0.6 is 11.8 Å². The number of thioether (sulfide) groups is 1. The van der Waals surface area contributed by atoms with Gasteiger partial charge >= 0.3 is 0 Å². The van der Waals surface area contributed by atoms with Crippen LogP contribution in [0.3, 0.4) is 0 Å². The number of rotatable bonds is 10. The number of unbranched alkanes of at least 4 members (excludes halogenated alkanes) is 3. The molecular weight excluding hydrogens is 256 g/mol. The fourth-order valence-electron chi connectivity index (χ4n) is 1.93. The summed E-state index contributed by atoms with van der Waals surface area (Å²) in [7, 11) is 0. The number of para-hydroxylation sites is 1. The van der Waals surface area contributed by atoms with Crippen molar-refractivity contribution in [3.63, 3.8) is 0 Å². The third-order valence-electron chi connectivity index (χ3n) is 2.96. The van der Waals surface area contributed by atoms with E-state index in [4.69, 9.17) is 10.5 Å². The van der Waals surface area contributed by atoms with Gasteiger partial charge in [-0.05, 0) is 43.9 Å². The van der Waals surface area contributed by atoms with Crippen LogP contribution in [0.1, 0.15) is 32.6 Å². The molecule has 0 saturated carbocycles. The number of nitrogens with two attached hydrogens (primary N) is 1. The SMILES string of the molecule is CCOc1cccc(NCCCCCCSC)c1N. The third-order valence-corrected chi connectivity index (χ3v) is 3.65. The minimum absolute atomic E-state index is 0.642. The molecule has 1 aromatic rings. The van der Waals surface area contributed by atoms with Crippen LogP contribution in [0.4, 0.5) is 11.4 Å². The van der Waals surface area contributed by atoms with E-state index >= 15 is 0 Å². The maximum Gasteiger partial charge on any atom is 0.144 e. The summed E-state index contributed by atoms with van der Waals surface area (Å²) in [4.78, 5) is 0. The van der Waals surface area contributed by atoms with E-state index in [1.807, 2.05) is 36.9 Å². The number of benzene rings is 1. The monoisotopic (exact) mass is 282 g/mol. The standard InChI is InChI=1S/C15H26N2OS/c1-3-18-14-10-8-9-13(15(14)16)17-11-6-4-5-7-12-19-2/h8-10,17H,3-7,11-12,16H2,1-2H3. The van der Waals surface area contributed by atoms with Gasteiger partial charge in [0, 0.05) is 6.54 Å². The van der Waals surface area contributed by atoms with Crippen molar-refractivity contribution < 1.29 is 4.74 Å². The summed E-state index contributed by atoms with van der Waals surface area (Å²) in [6.45, 7) is 3.58. The van der Waals surface area contributed by atoms with Gasteiger partial charge in [0.2, 0.25) is 0 Å². The second-order valence-corrected chi connectivity index (χ2v) is 5.47. The highest BCUT2D eigenvalue weighted by molar-refractivity contribution is 7.98.